The average molecular weight is 816 g/mol. The van der Waals surface area contributed by atoms with Crippen LogP contribution in [-0.4, -0.2) is 34.9 Å². The first-order valence-corrected chi connectivity index (χ1v) is 26.5. The first-order chi connectivity index (χ1) is 28.7. The molecule has 0 rings (SSSR count). The normalized spacial score (nSPS) is 13.0. The molecule has 0 heterocycles. The smallest absolute Gasteiger partial charge is 0.220 e. The minimum Gasteiger partial charge on any atom is -0.394 e. The summed E-state index contributed by atoms with van der Waals surface area (Å²) >= 11 is 0. The Kier molecular flexibility index (Phi) is 49.2. The maximum Gasteiger partial charge on any atom is 0.220 e. The van der Waals surface area contributed by atoms with E-state index in [1.807, 2.05) is 0 Å². The molecule has 0 aliphatic heterocycles. The number of unbranched alkanes of at least 4 members (excludes halogenated alkanes) is 38. The van der Waals surface area contributed by atoms with Crippen molar-refractivity contribution in [2.75, 3.05) is 6.61 Å². The summed E-state index contributed by atoms with van der Waals surface area (Å²) in [6.07, 6.45) is 66.2. The molecule has 0 fully saturated rings. The van der Waals surface area contributed by atoms with Crippen LogP contribution in [0.25, 0.3) is 0 Å². The van der Waals surface area contributed by atoms with Crippen LogP contribution < -0.4 is 5.32 Å². The largest absolute Gasteiger partial charge is 0.394 e. The second kappa shape index (κ2) is 50.2. The molecule has 3 N–H and O–H groups in total. The number of carbonyl (C=O) groups is 1. The molecule has 344 valence electrons. The highest BCUT2D eigenvalue weighted by atomic mass is 16.3. The van der Waals surface area contributed by atoms with E-state index in [0.29, 0.717) is 12.8 Å². The van der Waals surface area contributed by atoms with Gasteiger partial charge in [-0.15, -0.1) is 0 Å². The molecule has 0 spiro atoms. The third-order valence-corrected chi connectivity index (χ3v) is 12.5. The van der Waals surface area contributed by atoms with Crippen molar-refractivity contribution in [2.24, 2.45) is 0 Å². The maximum atomic E-state index is 12.3. The van der Waals surface area contributed by atoms with E-state index in [4.69, 9.17) is 0 Å². The Labute approximate surface area is 364 Å². The lowest BCUT2D eigenvalue weighted by atomic mass is 10.0. The summed E-state index contributed by atoms with van der Waals surface area (Å²) in [5.41, 5.74) is 0. The lowest BCUT2D eigenvalue weighted by Crippen LogP contribution is -2.45. The maximum absolute atomic E-state index is 12.3. The van der Waals surface area contributed by atoms with Gasteiger partial charge in [-0.05, 0) is 44.9 Å². The summed E-state index contributed by atoms with van der Waals surface area (Å²) in [5, 5.41) is 23.0. The average Bonchev–Trinajstić information content (AvgIpc) is 3.23. The van der Waals surface area contributed by atoms with Gasteiger partial charge in [-0.25, -0.2) is 0 Å². The minimum absolute atomic E-state index is 0.0304. The van der Waals surface area contributed by atoms with Crippen molar-refractivity contribution in [3.8, 4) is 0 Å². The molecule has 0 aliphatic rings. The number of allylic oxidation sites excluding steroid dienone is 4. The van der Waals surface area contributed by atoms with Crippen LogP contribution >= 0.6 is 0 Å². The van der Waals surface area contributed by atoms with Crippen molar-refractivity contribution in [1.29, 1.82) is 0 Å². The summed E-state index contributed by atoms with van der Waals surface area (Å²) in [6.45, 7) is 4.32. The van der Waals surface area contributed by atoms with Crippen LogP contribution in [0.4, 0.5) is 0 Å². The van der Waals surface area contributed by atoms with Crippen LogP contribution in [0.1, 0.15) is 296 Å². The molecule has 0 radical (unpaired) electrons. The third kappa shape index (κ3) is 45.9. The van der Waals surface area contributed by atoms with Crippen LogP contribution in [0.3, 0.4) is 0 Å². The molecule has 4 nitrogen and oxygen atoms in total. The van der Waals surface area contributed by atoms with Crippen LogP contribution in [0, 0.1) is 0 Å². The van der Waals surface area contributed by atoms with Gasteiger partial charge in [-0.1, -0.05) is 269 Å². The van der Waals surface area contributed by atoms with E-state index in [1.165, 1.54) is 238 Å². The molecule has 1 amide bonds. The number of aliphatic hydroxyl groups excluding tert-OH is 2. The van der Waals surface area contributed by atoms with Crippen LogP contribution in [0.5, 0.6) is 0 Å². The van der Waals surface area contributed by atoms with Crippen molar-refractivity contribution in [1.82, 2.24) is 5.32 Å². The number of amides is 1. The van der Waals surface area contributed by atoms with E-state index in [2.05, 4.69) is 43.5 Å². The van der Waals surface area contributed by atoms with Gasteiger partial charge in [0, 0.05) is 6.42 Å². The predicted octanol–water partition coefficient (Wildman–Crippen LogP) is 17.1. The molecule has 2 unspecified atom stereocenters. The molecule has 0 aromatic heterocycles. The second-order valence-electron chi connectivity index (χ2n) is 18.3. The Balaban J connectivity index is 3.29. The van der Waals surface area contributed by atoms with E-state index in [1.54, 1.807) is 0 Å². The first-order valence-electron chi connectivity index (χ1n) is 26.5. The van der Waals surface area contributed by atoms with Gasteiger partial charge in [0.1, 0.15) is 0 Å². The molecule has 2 atom stereocenters. The minimum atomic E-state index is -0.652. The highest BCUT2D eigenvalue weighted by molar-refractivity contribution is 5.76. The van der Waals surface area contributed by atoms with Crippen molar-refractivity contribution < 1.29 is 15.0 Å². The Morgan fingerprint density at radius 3 is 1.03 bits per heavy atom. The van der Waals surface area contributed by atoms with E-state index in [0.717, 1.165) is 32.1 Å². The lowest BCUT2D eigenvalue weighted by molar-refractivity contribution is -0.123. The molecule has 0 saturated heterocycles. The molecular weight excluding hydrogens is 711 g/mol. The Bertz CT molecular complexity index is 840. The molecule has 0 bridgehead atoms. The molecule has 0 saturated carbocycles. The number of carbonyl (C=O) groups excluding carboxylic acids is 1. The van der Waals surface area contributed by atoms with Gasteiger partial charge in [-0.2, -0.15) is 0 Å². The van der Waals surface area contributed by atoms with Crippen LogP contribution in [0.2, 0.25) is 0 Å². The van der Waals surface area contributed by atoms with Gasteiger partial charge in [0.05, 0.1) is 18.8 Å². The number of hydrogen-bond donors (Lipinski definition) is 3. The van der Waals surface area contributed by atoms with Gasteiger partial charge in [0.25, 0.3) is 0 Å². The van der Waals surface area contributed by atoms with Crippen LogP contribution in [0.15, 0.2) is 24.3 Å². The van der Waals surface area contributed by atoms with Crippen molar-refractivity contribution in [3.05, 3.63) is 24.3 Å². The van der Waals surface area contributed by atoms with Crippen LogP contribution in [-0.2, 0) is 4.79 Å². The Morgan fingerprint density at radius 2 is 0.707 bits per heavy atom. The summed E-state index contributed by atoms with van der Waals surface area (Å²) in [5.74, 6) is -0.0304. The molecule has 0 aliphatic carbocycles. The standard InChI is InChI=1S/C54H105NO3/c1-3-5-7-9-11-12-13-14-15-16-17-18-19-20-21-22-23-24-25-26-27-28-29-30-31-32-33-34-35-36-37-38-39-40-41-42-44-46-48-50-54(58)55-52(51-56)53(57)49-47-45-43-10-8-6-4-2/h13-14,16-17,52-53,56-57H,3-12,15,18-51H2,1-2H3,(H,55,58)/b14-13-,17-16-. The fourth-order valence-corrected chi connectivity index (χ4v) is 8.39. The van der Waals surface area contributed by atoms with Crippen molar-refractivity contribution >= 4 is 5.91 Å². The summed E-state index contributed by atoms with van der Waals surface area (Å²) in [4.78, 5) is 12.3. The highest BCUT2D eigenvalue weighted by Crippen LogP contribution is 2.17. The summed E-state index contributed by atoms with van der Waals surface area (Å²) < 4.78 is 0. The van der Waals surface area contributed by atoms with E-state index >= 15 is 0 Å². The molecule has 58 heavy (non-hydrogen) atoms. The molecular formula is C54H105NO3. The highest BCUT2D eigenvalue weighted by Gasteiger charge is 2.20. The third-order valence-electron chi connectivity index (χ3n) is 12.5. The second-order valence-corrected chi connectivity index (χ2v) is 18.3. The zero-order valence-corrected chi connectivity index (χ0v) is 39.6. The van der Waals surface area contributed by atoms with Crippen molar-refractivity contribution in [3.63, 3.8) is 0 Å². The number of rotatable bonds is 49. The monoisotopic (exact) mass is 816 g/mol. The first kappa shape index (κ1) is 56.9. The zero-order chi connectivity index (χ0) is 42.1. The fraction of sp³-hybridized carbons (Fsp3) is 0.907. The van der Waals surface area contributed by atoms with Gasteiger partial charge in [0.2, 0.25) is 5.91 Å². The summed E-state index contributed by atoms with van der Waals surface area (Å²) in [7, 11) is 0. The Morgan fingerprint density at radius 1 is 0.414 bits per heavy atom. The zero-order valence-electron chi connectivity index (χ0n) is 39.6. The van der Waals surface area contributed by atoms with Gasteiger partial charge in [-0.3, -0.25) is 4.79 Å². The fourth-order valence-electron chi connectivity index (χ4n) is 8.39. The van der Waals surface area contributed by atoms with E-state index in [-0.39, 0.29) is 12.5 Å². The van der Waals surface area contributed by atoms with E-state index in [9.17, 15) is 15.0 Å². The number of aliphatic hydroxyl groups is 2. The quantitative estimate of drug-likeness (QED) is 0.0423. The molecule has 4 heteroatoms. The number of nitrogens with one attached hydrogen (secondary N) is 1. The Hall–Kier alpha value is -1.13. The lowest BCUT2D eigenvalue weighted by Gasteiger charge is -2.22. The van der Waals surface area contributed by atoms with Gasteiger partial charge in [0.15, 0.2) is 0 Å². The predicted molar refractivity (Wildman–Crippen MR) is 258 cm³/mol. The summed E-state index contributed by atoms with van der Waals surface area (Å²) in [6, 6.07) is -0.529. The van der Waals surface area contributed by atoms with E-state index < -0.39 is 12.1 Å². The van der Waals surface area contributed by atoms with Gasteiger partial charge >= 0.3 is 0 Å². The molecule has 0 aromatic rings. The van der Waals surface area contributed by atoms with Crippen molar-refractivity contribution in [2.45, 2.75) is 309 Å². The number of hydrogen-bond acceptors (Lipinski definition) is 3. The van der Waals surface area contributed by atoms with Gasteiger partial charge < -0.3 is 15.5 Å². The topological polar surface area (TPSA) is 69.6 Å². The molecule has 0 aromatic carbocycles. The SMILES string of the molecule is CCCCCCC/C=C\C/C=C\CCCCCCCCCCCCCCCCCCCCCCCCCCCCCC(=O)NC(CO)C(O)CCCCCCCCC.